The van der Waals surface area contributed by atoms with Crippen LogP contribution in [0.15, 0.2) is 24.7 Å². The second-order valence-electron chi connectivity index (χ2n) is 7.71. The molecule has 0 aliphatic carbocycles. The van der Waals surface area contributed by atoms with Gasteiger partial charge >= 0.3 is 0 Å². The van der Waals surface area contributed by atoms with Crippen molar-refractivity contribution in [1.29, 1.82) is 5.26 Å². The summed E-state index contributed by atoms with van der Waals surface area (Å²) in [5, 5.41) is 16.9. The highest BCUT2D eigenvalue weighted by Crippen LogP contribution is 2.36. The Morgan fingerprint density at radius 1 is 1.37 bits per heavy atom. The lowest BCUT2D eigenvalue weighted by Crippen LogP contribution is -2.33. The molecule has 0 saturated carbocycles. The van der Waals surface area contributed by atoms with Gasteiger partial charge in [-0.15, -0.1) is 0 Å². The topological polar surface area (TPSA) is 134 Å². The van der Waals surface area contributed by atoms with E-state index in [0.29, 0.717) is 49.7 Å². The standard InChI is InChI=1S/C19H23N7O3S/c1-2-19(13-20)6-8-25(17(19)27)16-3-7-21-18(24-16)23-14-11-22-26(12-14)15-4-9-30(28,29)10-5-15/h3,7,11-12,15H,2,4-6,8-10H2,1H3,(H,21,23,24)/t19-/m1/s1. The largest absolute Gasteiger partial charge is 0.321 e. The highest BCUT2D eigenvalue weighted by Gasteiger charge is 2.46. The van der Waals surface area contributed by atoms with Crippen LogP contribution in [0.2, 0.25) is 0 Å². The lowest BCUT2D eigenvalue weighted by molar-refractivity contribution is -0.123. The first-order chi connectivity index (χ1) is 14.4. The van der Waals surface area contributed by atoms with Crippen LogP contribution in [0.1, 0.15) is 38.6 Å². The highest BCUT2D eigenvalue weighted by atomic mass is 32.2. The van der Waals surface area contributed by atoms with Crippen LogP contribution in [0.25, 0.3) is 0 Å². The molecule has 158 valence electrons. The van der Waals surface area contributed by atoms with Gasteiger partial charge in [0.25, 0.3) is 0 Å². The zero-order valence-corrected chi connectivity index (χ0v) is 17.5. The molecule has 2 aliphatic rings. The average Bonchev–Trinajstić information content (AvgIpc) is 3.33. The number of aromatic nitrogens is 4. The van der Waals surface area contributed by atoms with Gasteiger partial charge in [0, 0.05) is 18.9 Å². The van der Waals surface area contributed by atoms with E-state index in [-0.39, 0.29) is 23.5 Å². The molecule has 30 heavy (non-hydrogen) atoms. The molecule has 2 saturated heterocycles. The number of sulfone groups is 1. The van der Waals surface area contributed by atoms with Gasteiger partial charge in [-0.25, -0.2) is 13.4 Å². The number of amides is 1. The van der Waals surface area contributed by atoms with E-state index in [1.807, 2.05) is 6.92 Å². The van der Waals surface area contributed by atoms with Gasteiger partial charge in [0.1, 0.15) is 21.1 Å². The molecular weight excluding hydrogens is 406 g/mol. The maximum absolute atomic E-state index is 12.8. The van der Waals surface area contributed by atoms with Crippen LogP contribution in [-0.4, -0.2) is 52.1 Å². The number of rotatable bonds is 5. The van der Waals surface area contributed by atoms with Crippen LogP contribution in [0.3, 0.4) is 0 Å². The minimum atomic E-state index is -2.92. The van der Waals surface area contributed by atoms with Crippen molar-refractivity contribution in [3.05, 3.63) is 24.7 Å². The van der Waals surface area contributed by atoms with Crippen LogP contribution in [-0.2, 0) is 14.6 Å². The first-order valence-electron chi connectivity index (χ1n) is 9.94. The maximum Gasteiger partial charge on any atom is 0.248 e. The monoisotopic (exact) mass is 429 g/mol. The van der Waals surface area contributed by atoms with Crippen LogP contribution >= 0.6 is 0 Å². The summed E-state index contributed by atoms with van der Waals surface area (Å²) in [5.41, 5.74) is -0.305. The molecule has 0 aromatic carbocycles. The zero-order chi connectivity index (χ0) is 21.4. The molecule has 0 spiro atoms. The molecule has 1 N–H and O–H groups in total. The van der Waals surface area contributed by atoms with Crippen molar-refractivity contribution in [2.24, 2.45) is 5.41 Å². The molecular formula is C19H23N7O3S. The van der Waals surface area contributed by atoms with Crippen LogP contribution < -0.4 is 10.2 Å². The summed E-state index contributed by atoms with van der Waals surface area (Å²) in [4.78, 5) is 22.9. The minimum Gasteiger partial charge on any atom is -0.321 e. The number of hydrogen-bond donors (Lipinski definition) is 1. The molecule has 4 rings (SSSR count). The first-order valence-corrected chi connectivity index (χ1v) is 11.8. The summed E-state index contributed by atoms with van der Waals surface area (Å²) < 4.78 is 25.0. The van der Waals surface area contributed by atoms with Crippen molar-refractivity contribution in [2.75, 3.05) is 28.3 Å². The van der Waals surface area contributed by atoms with Crippen LogP contribution in [0.5, 0.6) is 0 Å². The van der Waals surface area contributed by atoms with Gasteiger partial charge in [0.05, 0.1) is 35.5 Å². The SMILES string of the molecule is CC[C@]1(C#N)CCN(c2ccnc(Nc3cnn(C4CCS(=O)(=O)CC4)c3)n2)C1=O. The van der Waals surface area contributed by atoms with Gasteiger partial charge < -0.3 is 5.32 Å². The molecule has 2 aromatic heterocycles. The average molecular weight is 430 g/mol. The Kier molecular flexibility index (Phi) is 5.19. The van der Waals surface area contributed by atoms with E-state index in [2.05, 4.69) is 26.5 Å². The quantitative estimate of drug-likeness (QED) is 0.761. The van der Waals surface area contributed by atoms with Crippen molar-refractivity contribution < 1.29 is 13.2 Å². The second kappa shape index (κ2) is 7.68. The summed E-state index contributed by atoms with van der Waals surface area (Å²) >= 11 is 0. The van der Waals surface area contributed by atoms with Crippen molar-refractivity contribution in [3.63, 3.8) is 0 Å². The Morgan fingerprint density at radius 3 is 2.80 bits per heavy atom. The minimum absolute atomic E-state index is 0.0479. The van der Waals surface area contributed by atoms with E-state index < -0.39 is 15.3 Å². The van der Waals surface area contributed by atoms with E-state index in [9.17, 15) is 18.5 Å². The highest BCUT2D eigenvalue weighted by molar-refractivity contribution is 7.91. The molecule has 2 aliphatic heterocycles. The third kappa shape index (κ3) is 3.75. The smallest absolute Gasteiger partial charge is 0.248 e. The second-order valence-corrected chi connectivity index (χ2v) is 10.0. The molecule has 2 fully saturated rings. The number of nitrogens with one attached hydrogen (secondary N) is 1. The van der Waals surface area contributed by atoms with Crippen molar-refractivity contribution in [2.45, 2.75) is 38.6 Å². The predicted octanol–water partition coefficient (Wildman–Crippen LogP) is 1.82. The molecule has 2 aromatic rings. The van der Waals surface area contributed by atoms with Gasteiger partial charge in [-0.1, -0.05) is 6.92 Å². The Hall–Kier alpha value is -3.00. The van der Waals surface area contributed by atoms with Crippen LogP contribution in [0, 0.1) is 16.7 Å². The lowest BCUT2D eigenvalue weighted by Gasteiger charge is -2.22. The first kappa shape index (κ1) is 20.3. The molecule has 10 nitrogen and oxygen atoms in total. The number of nitriles is 1. The molecule has 0 radical (unpaired) electrons. The van der Waals surface area contributed by atoms with E-state index in [4.69, 9.17) is 0 Å². The summed E-state index contributed by atoms with van der Waals surface area (Å²) in [7, 11) is -2.92. The number of nitrogens with zero attached hydrogens (tertiary/aromatic N) is 6. The number of hydrogen-bond acceptors (Lipinski definition) is 8. The molecule has 0 unspecified atom stereocenters. The van der Waals surface area contributed by atoms with E-state index >= 15 is 0 Å². The van der Waals surface area contributed by atoms with Gasteiger partial charge in [-0.05, 0) is 31.7 Å². The fourth-order valence-electron chi connectivity index (χ4n) is 3.93. The number of carbonyl (C=O) groups excluding carboxylic acids is 1. The zero-order valence-electron chi connectivity index (χ0n) is 16.7. The molecule has 11 heteroatoms. The Morgan fingerprint density at radius 2 is 2.13 bits per heavy atom. The Bertz CT molecular complexity index is 1090. The third-order valence-electron chi connectivity index (χ3n) is 5.91. The normalized spacial score (nSPS) is 24.0. The van der Waals surface area contributed by atoms with E-state index in [0.717, 1.165) is 0 Å². The molecule has 1 amide bonds. The van der Waals surface area contributed by atoms with E-state index in [1.54, 1.807) is 29.3 Å². The van der Waals surface area contributed by atoms with Gasteiger partial charge in [0.15, 0.2) is 0 Å². The lowest BCUT2D eigenvalue weighted by atomic mass is 9.85. The molecule has 4 heterocycles. The molecule has 1 atom stereocenters. The Labute approximate surface area is 174 Å². The number of carbonyl (C=O) groups is 1. The summed E-state index contributed by atoms with van der Waals surface area (Å²) in [5.74, 6) is 0.899. The van der Waals surface area contributed by atoms with Gasteiger partial charge in [-0.3, -0.25) is 14.4 Å². The predicted molar refractivity (Wildman–Crippen MR) is 110 cm³/mol. The Balaban J connectivity index is 1.47. The van der Waals surface area contributed by atoms with E-state index in [1.165, 1.54) is 4.90 Å². The van der Waals surface area contributed by atoms with Gasteiger partial charge in [-0.2, -0.15) is 15.3 Å². The third-order valence-corrected chi connectivity index (χ3v) is 7.62. The fourth-order valence-corrected chi connectivity index (χ4v) is 5.40. The van der Waals surface area contributed by atoms with Crippen molar-refractivity contribution in [3.8, 4) is 6.07 Å². The summed E-state index contributed by atoms with van der Waals surface area (Å²) in [6.45, 7) is 2.29. The van der Waals surface area contributed by atoms with Gasteiger partial charge in [0.2, 0.25) is 11.9 Å². The van der Waals surface area contributed by atoms with Crippen molar-refractivity contribution in [1.82, 2.24) is 19.7 Å². The summed E-state index contributed by atoms with van der Waals surface area (Å²) in [6.07, 6.45) is 7.05. The number of anilines is 3. The van der Waals surface area contributed by atoms with Crippen molar-refractivity contribution >= 4 is 33.2 Å². The molecule has 0 bridgehead atoms. The summed E-state index contributed by atoms with van der Waals surface area (Å²) in [6, 6.07) is 3.87. The fraction of sp³-hybridized carbons (Fsp3) is 0.526. The maximum atomic E-state index is 12.8. The van der Waals surface area contributed by atoms with Crippen LogP contribution in [0.4, 0.5) is 17.5 Å².